The Bertz CT molecular complexity index is 1160. The van der Waals surface area contributed by atoms with Crippen molar-refractivity contribution in [3.8, 4) is 22.5 Å². The van der Waals surface area contributed by atoms with Crippen molar-refractivity contribution < 1.29 is 0 Å². The Morgan fingerprint density at radius 2 is 1.74 bits per heavy atom. The monoisotopic (exact) mass is 413 g/mol. The van der Waals surface area contributed by atoms with Crippen molar-refractivity contribution in [2.45, 2.75) is 46.1 Å². The lowest BCUT2D eigenvalue weighted by atomic mass is 9.96. The van der Waals surface area contributed by atoms with Crippen molar-refractivity contribution >= 4 is 0 Å². The third-order valence-electron chi connectivity index (χ3n) is 5.08. The highest BCUT2D eigenvalue weighted by Gasteiger charge is 2.21. The summed E-state index contributed by atoms with van der Waals surface area (Å²) >= 11 is 0. The van der Waals surface area contributed by atoms with Gasteiger partial charge in [0, 0.05) is 17.4 Å². The van der Waals surface area contributed by atoms with Gasteiger partial charge < -0.3 is 0 Å². The van der Waals surface area contributed by atoms with E-state index < -0.39 is 0 Å². The molecule has 2 heterocycles. The standard InChI is InChI=1S/C24H27N7/c1-5-6-11-21-25-23(24(2,3)4)28-31(21)16-17-12-14-18(15-13-17)19-9-7-8-10-20(19)22-26-29-30-27-22/h5-10,12-15H,11,16H2,1-4H3,(H,26,27,29,30). The van der Waals surface area contributed by atoms with Gasteiger partial charge in [-0.2, -0.15) is 5.10 Å². The zero-order valence-corrected chi connectivity index (χ0v) is 18.4. The van der Waals surface area contributed by atoms with Gasteiger partial charge in [-0.25, -0.2) is 14.8 Å². The first kappa shape index (κ1) is 20.7. The molecule has 0 aliphatic heterocycles. The second kappa shape index (κ2) is 8.63. The number of nitrogens with zero attached hydrogens (tertiary/aromatic N) is 6. The van der Waals surface area contributed by atoms with Crippen LogP contribution in [-0.2, 0) is 18.4 Å². The molecular formula is C24H27N7. The lowest BCUT2D eigenvalue weighted by Gasteiger charge is -2.12. The number of allylic oxidation sites excluding steroid dienone is 2. The van der Waals surface area contributed by atoms with Crippen LogP contribution in [0.1, 0.15) is 44.9 Å². The SMILES string of the molecule is CC=CCc1nc(C(C)(C)C)nn1Cc1ccc(-c2ccccc2-c2nnn[nH]2)cc1. The van der Waals surface area contributed by atoms with Crippen LogP contribution in [0.5, 0.6) is 0 Å². The van der Waals surface area contributed by atoms with Crippen LogP contribution in [-0.4, -0.2) is 35.4 Å². The van der Waals surface area contributed by atoms with Gasteiger partial charge in [0.2, 0.25) is 0 Å². The Labute approximate surface area is 182 Å². The van der Waals surface area contributed by atoms with Crippen LogP contribution in [0.4, 0.5) is 0 Å². The molecule has 0 radical (unpaired) electrons. The van der Waals surface area contributed by atoms with Crippen LogP contribution >= 0.6 is 0 Å². The van der Waals surface area contributed by atoms with Gasteiger partial charge in [-0.15, -0.1) is 5.10 Å². The molecule has 0 spiro atoms. The molecule has 0 amide bonds. The maximum absolute atomic E-state index is 4.80. The van der Waals surface area contributed by atoms with Gasteiger partial charge in [0.25, 0.3) is 0 Å². The van der Waals surface area contributed by atoms with Gasteiger partial charge in [0.1, 0.15) is 5.82 Å². The number of tetrazole rings is 1. The van der Waals surface area contributed by atoms with E-state index in [4.69, 9.17) is 10.1 Å². The molecule has 0 unspecified atom stereocenters. The van der Waals surface area contributed by atoms with Crippen molar-refractivity contribution in [2.24, 2.45) is 0 Å². The Balaban J connectivity index is 1.61. The maximum Gasteiger partial charge on any atom is 0.180 e. The summed E-state index contributed by atoms with van der Waals surface area (Å²) in [5.74, 6) is 2.51. The number of aromatic nitrogens is 7. The first-order chi connectivity index (χ1) is 15.0. The quantitative estimate of drug-likeness (QED) is 0.467. The molecule has 7 heteroatoms. The number of H-pyrrole nitrogens is 1. The van der Waals surface area contributed by atoms with Crippen LogP contribution in [0.2, 0.25) is 0 Å². The lowest BCUT2D eigenvalue weighted by Crippen LogP contribution is -2.14. The molecule has 7 nitrogen and oxygen atoms in total. The summed E-state index contributed by atoms with van der Waals surface area (Å²) in [5.41, 5.74) is 4.25. The molecule has 1 N–H and O–H groups in total. The van der Waals surface area contributed by atoms with E-state index in [9.17, 15) is 0 Å². The van der Waals surface area contributed by atoms with E-state index in [1.807, 2.05) is 35.9 Å². The number of benzene rings is 2. The molecule has 4 aromatic rings. The fourth-order valence-corrected chi connectivity index (χ4v) is 3.37. The molecule has 31 heavy (non-hydrogen) atoms. The van der Waals surface area contributed by atoms with E-state index in [-0.39, 0.29) is 5.41 Å². The molecule has 0 atom stereocenters. The number of rotatable bonds is 6. The van der Waals surface area contributed by atoms with Gasteiger partial charge >= 0.3 is 0 Å². The summed E-state index contributed by atoms with van der Waals surface area (Å²) in [6.45, 7) is 9.13. The summed E-state index contributed by atoms with van der Waals surface area (Å²) in [7, 11) is 0. The van der Waals surface area contributed by atoms with Crippen molar-refractivity contribution in [1.29, 1.82) is 0 Å². The number of aromatic amines is 1. The molecule has 0 saturated heterocycles. The Morgan fingerprint density at radius 3 is 2.39 bits per heavy atom. The average molecular weight is 414 g/mol. The van der Waals surface area contributed by atoms with E-state index in [1.165, 1.54) is 5.56 Å². The van der Waals surface area contributed by atoms with Crippen LogP contribution in [0, 0.1) is 0 Å². The summed E-state index contributed by atoms with van der Waals surface area (Å²) in [6, 6.07) is 16.6. The van der Waals surface area contributed by atoms with Gasteiger partial charge in [0.15, 0.2) is 11.6 Å². The van der Waals surface area contributed by atoms with Crippen LogP contribution in [0.15, 0.2) is 60.7 Å². The minimum Gasteiger partial charge on any atom is -0.245 e. The van der Waals surface area contributed by atoms with Gasteiger partial charge in [-0.3, -0.25) is 0 Å². The highest BCUT2D eigenvalue weighted by atomic mass is 15.5. The van der Waals surface area contributed by atoms with E-state index in [1.54, 1.807) is 0 Å². The van der Waals surface area contributed by atoms with E-state index in [0.29, 0.717) is 12.4 Å². The number of hydrogen-bond acceptors (Lipinski definition) is 5. The minimum atomic E-state index is -0.0843. The molecule has 0 saturated carbocycles. The van der Waals surface area contributed by atoms with Crippen molar-refractivity contribution in [3.63, 3.8) is 0 Å². The molecule has 2 aromatic carbocycles. The third-order valence-corrected chi connectivity index (χ3v) is 5.08. The molecule has 4 rings (SSSR count). The Morgan fingerprint density at radius 1 is 1.00 bits per heavy atom. The summed E-state index contributed by atoms with van der Waals surface area (Å²) in [5, 5.41) is 19.1. The largest absolute Gasteiger partial charge is 0.245 e. The lowest BCUT2D eigenvalue weighted by molar-refractivity contribution is 0.532. The smallest absolute Gasteiger partial charge is 0.180 e. The summed E-state index contributed by atoms with van der Waals surface area (Å²) < 4.78 is 2.02. The molecule has 0 aliphatic rings. The van der Waals surface area contributed by atoms with Crippen molar-refractivity contribution in [3.05, 3.63) is 77.9 Å². The highest BCUT2D eigenvalue weighted by Crippen LogP contribution is 2.30. The van der Waals surface area contributed by atoms with Crippen LogP contribution in [0.25, 0.3) is 22.5 Å². The van der Waals surface area contributed by atoms with Gasteiger partial charge in [-0.05, 0) is 34.0 Å². The second-order valence-corrected chi connectivity index (χ2v) is 8.52. The first-order valence-electron chi connectivity index (χ1n) is 10.4. The van der Waals surface area contributed by atoms with Gasteiger partial charge in [-0.1, -0.05) is 81.5 Å². The maximum atomic E-state index is 4.80. The molecule has 0 aliphatic carbocycles. The van der Waals surface area contributed by atoms with E-state index >= 15 is 0 Å². The number of hydrogen-bond donors (Lipinski definition) is 1. The second-order valence-electron chi connectivity index (χ2n) is 8.52. The molecule has 0 fully saturated rings. The fourth-order valence-electron chi connectivity index (χ4n) is 3.37. The minimum absolute atomic E-state index is 0.0843. The number of nitrogens with one attached hydrogen (secondary N) is 1. The normalized spacial score (nSPS) is 12.0. The molecule has 158 valence electrons. The zero-order valence-electron chi connectivity index (χ0n) is 18.4. The predicted molar refractivity (Wildman–Crippen MR) is 121 cm³/mol. The first-order valence-corrected chi connectivity index (χ1v) is 10.4. The average Bonchev–Trinajstić information content (AvgIpc) is 3.43. The third kappa shape index (κ3) is 4.60. The molecule has 2 aromatic heterocycles. The predicted octanol–water partition coefficient (Wildman–Crippen LogP) is 4.59. The van der Waals surface area contributed by atoms with Crippen LogP contribution in [0.3, 0.4) is 0 Å². The molecular weight excluding hydrogens is 386 g/mol. The summed E-state index contributed by atoms with van der Waals surface area (Å²) in [4.78, 5) is 4.80. The fraction of sp³-hybridized carbons (Fsp3) is 0.292. The molecule has 0 bridgehead atoms. The van der Waals surface area contributed by atoms with Crippen LogP contribution < -0.4 is 0 Å². The topological polar surface area (TPSA) is 85.2 Å². The van der Waals surface area contributed by atoms with E-state index in [0.717, 1.165) is 34.8 Å². The Hall–Kier alpha value is -3.61. The zero-order chi connectivity index (χ0) is 21.8. The highest BCUT2D eigenvalue weighted by molar-refractivity contribution is 5.80. The summed E-state index contributed by atoms with van der Waals surface area (Å²) in [6.07, 6.45) is 4.94. The van der Waals surface area contributed by atoms with Gasteiger partial charge in [0.05, 0.1) is 6.54 Å². The van der Waals surface area contributed by atoms with E-state index in [2.05, 4.69) is 77.8 Å². The van der Waals surface area contributed by atoms with Crippen molar-refractivity contribution in [2.75, 3.05) is 0 Å². The Kier molecular flexibility index (Phi) is 5.75. The van der Waals surface area contributed by atoms with Crippen molar-refractivity contribution in [1.82, 2.24) is 35.4 Å².